The third-order valence-electron chi connectivity index (χ3n) is 2.75. The zero-order valence-corrected chi connectivity index (χ0v) is 11.6. The second-order valence-electron chi connectivity index (χ2n) is 4.15. The fourth-order valence-electron chi connectivity index (χ4n) is 1.65. The summed E-state index contributed by atoms with van der Waals surface area (Å²) in [6.45, 7) is 9.49. The Morgan fingerprint density at radius 1 is 1.40 bits per heavy atom. The predicted molar refractivity (Wildman–Crippen MR) is 75.9 cm³/mol. The lowest BCUT2D eigenvalue weighted by atomic mass is 10.3. The SMILES string of the molecule is C=CCN(CC=C)C(=O)Nc1c(C(=O)O)nn(C)c1C. The molecule has 20 heavy (non-hydrogen) atoms. The van der Waals surface area contributed by atoms with Crippen molar-refractivity contribution in [1.29, 1.82) is 0 Å². The van der Waals surface area contributed by atoms with Gasteiger partial charge in [-0.25, -0.2) is 9.59 Å². The smallest absolute Gasteiger partial charge is 0.358 e. The minimum atomic E-state index is -1.19. The number of amides is 2. The Labute approximate surface area is 117 Å². The van der Waals surface area contributed by atoms with Crippen LogP contribution in [-0.4, -0.2) is 44.9 Å². The van der Waals surface area contributed by atoms with Gasteiger partial charge in [-0.3, -0.25) is 4.68 Å². The van der Waals surface area contributed by atoms with Gasteiger partial charge in [-0.05, 0) is 6.92 Å². The molecular weight excluding hydrogens is 260 g/mol. The Morgan fingerprint density at radius 3 is 2.40 bits per heavy atom. The topological polar surface area (TPSA) is 87.5 Å². The summed E-state index contributed by atoms with van der Waals surface area (Å²) in [7, 11) is 1.61. The largest absolute Gasteiger partial charge is 0.476 e. The first-order chi connectivity index (χ1) is 9.42. The molecule has 1 rings (SSSR count). The quantitative estimate of drug-likeness (QED) is 0.774. The average molecular weight is 278 g/mol. The molecule has 0 bridgehead atoms. The molecule has 0 aliphatic carbocycles. The Hall–Kier alpha value is -2.57. The van der Waals surface area contributed by atoms with Gasteiger partial charge in [0.2, 0.25) is 0 Å². The number of aromatic nitrogens is 2. The van der Waals surface area contributed by atoms with Gasteiger partial charge in [0.15, 0.2) is 5.69 Å². The molecule has 0 saturated carbocycles. The summed E-state index contributed by atoms with van der Waals surface area (Å²) in [5, 5.41) is 15.5. The third-order valence-corrected chi connectivity index (χ3v) is 2.75. The molecule has 1 heterocycles. The van der Waals surface area contributed by atoms with Gasteiger partial charge < -0.3 is 15.3 Å². The number of nitrogens with one attached hydrogen (secondary N) is 1. The average Bonchev–Trinajstić information content (AvgIpc) is 2.67. The van der Waals surface area contributed by atoms with Crippen molar-refractivity contribution in [2.24, 2.45) is 7.05 Å². The van der Waals surface area contributed by atoms with Gasteiger partial charge in [0, 0.05) is 20.1 Å². The Kier molecular flexibility index (Phi) is 5.08. The first-order valence-electron chi connectivity index (χ1n) is 5.97. The van der Waals surface area contributed by atoms with Gasteiger partial charge in [0.1, 0.15) is 0 Å². The summed E-state index contributed by atoms with van der Waals surface area (Å²) in [5.41, 5.74) is 0.575. The first kappa shape index (κ1) is 15.5. The molecule has 0 spiro atoms. The molecule has 0 radical (unpaired) electrons. The van der Waals surface area contributed by atoms with Crippen molar-refractivity contribution in [1.82, 2.24) is 14.7 Å². The van der Waals surface area contributed by atoms with Gasteiger partial charge in [0.25, 0.3) is 0 Å². The summed E-state index contributed by atoms with van der Waals surface area (Å²) in [6, 6.07) is -0.427. The molecule has 7 nitrogen and oxygen atoms in total. The summed E-state index contributed by atoms with van der Waals surface area (Å²) in [4.78, 5) is 24.7. The van der Waals surface area contributed by atoms with Crippen molar-refractivity contribution in [3.8, 4) is 0 Å². The number of aryl methyl sites for hydroxylation is 1. The second kappa shape index (κ2) is 6.55. The molecule has 0 unspecified atom stereocenters. The van der Waals surface area contributed by atoms with E-state index in [4.69, 9.17) is 5.11 Å². The number of carbonyl (C=O) groups is 2. The maximum atomic E-state index is 12.1. The fourth-order valence-corrected chi connectivity index (χ4v) is 1.65. The van der Waals surface area contributed by atoms with Gasteiger partial charge in [0.05, 0.1) is 11.4 Å². The van der Waals surface area contributed by atoms with Crippen molar-refractivity contribution < 1.29 is 14.7 Å². The Morgan fingerprint density at radius 2 is 1.95 bits per heavy atom. The van der Waals surface area contributed by atoms with Crippen molar-refractivity contribution in [3.63, 3.8) is 0 Å². The monoisotopic (exact) mass is 278 g/mol. The van der Waals surface area contributed by atoms with Crippen LogP contribution in [0.25, 0.3) is 0 Å². The van der Waals surface area contributed by atoms with Crippen molar-refractivity contribution in [2.75, 3.05) is 18.4 Å². The Balaban J connectivity index is 3.02. The van der Waals surface area contributed by atoms with E-state index in [1.807, 2.05) is 0 Å². The molecule has 0 atom stereocenters. The molecule has 0 fully saturated rings. The standard InChI is InChI=1S/C13H18N4O3/c1-5-7-17(8-6-2)13(20)14-10-9(3)16(4)15-11(10)12(18)19/h5-6H,1-2,7-8H2,3-4H3,(H,14,20)(H,18,19). The number of carboxylic acids is 1. The number of urea groups is 1. The van der Waals surface area contributed by atoms with Crippen LogP contribution in [0.3, 0.4) is 0 Å². The summed E-state index contributed by atoms with van der Waals surface area (Å²) in [5.74, 6) is -1.19. The van der Waals surface area contributed by atoms with Crippen molar-refractivity contribution in [2.45, 2.75) is 6.92 Å². The lowest BCUT2D eigenvalue weighted by molar-refractivity contribution is 0.0690. The van der Waals surface area contributed by atoms with Crippen LogP contribution < -0.4 is 5.32 Å². The molecular formula is C13H18N4O3. The first-order valence-corrected chi connectivity index (χ1v) is 5.97. The highest BCUT2D eigenvalue weighted by molar-refractivity contribution is 5.99. The third kappa shape index (κ3) is 3.25. The zero-order chi connectivity index (χ0) is 15.3. The van der Waals surface area contributed by atoms with Crippen LogP contribution in [0, 0.1) is 6.92 Å². The molecule has 0 saturated heterocycles. The number of aromatic carboxylic acids is 1. The summed E-state index contributed by atoms with van der Waals surface area (Å²) >= 11 is 0. The molecule has 108 valence electrons. The highest BCUT2D eigenvalue weighted by Gasteiger charge is 2.22. The predicted octanol–water partition coefficient (Wildman–Crippen LogP) is 1.63. The number of carbonyl (C=O) groups excluding carboxylic acids is 1. The maximum absolute atomic E-state index is 12.1. The number of rotatable bonds is 6. The van der Waals surface area contributed by atoms with Crippen LogP contribution >= 0.6 is 0 Å². The van der Waals surface area contributed by atoms with Crippen molar-refractivity contribution >= 4 is 17.7 Å². The summed E-state index contributed by atoms with van der Waals surface area (Å²) in [6.07, 6.45) is 3.16. The van der Waals surface area contributed by atoms with Crippen molar-refractivity contribution in [3.05, 3.63) is 36.7 Å². The fraction of sp³-hybridized carbons (Fsp3) is 0.308. The van der Waals surface area contributed by atoms with E-state index in [-0.39, 0.29) is 11.4 Å². The number of hydrogen-bond donors (Lipinski definition) is 2. The minimum Gasteiger partial charge on any atom is -0.476 e. The summed E-state index contributed by atoms with van der Waals surface area (Å²) < 4.78 is 1.41. The van der Waals surface area contributed by atoms with E-state index in [1.54, 1.807) is 26.1 Å². The lowest BCUT2D eigenvalue weighted by Gasteiger charge is -2.19. The molecule has 7 heteroatoms. The van der Waals surface area contributed by atoms with Gasteiger partial charge in [-0.1, -0.05) is 12.2 Å². The number of nitrogens with zero attached hydrogens (tertiary/aromatic N) is 3. The molecule has 1 aromatic rings. The lowest BCUT2D eigenvalue weighted by Crippen LogP contribution is -2.35. The van der Waals surface area contributed by atoms with E-state index in [2.05, 4.69) is 23.6 Å². The highest BCUT2D eigenvalue weighted by Crippen LogP contribution is 2.20. The molecule has 0 aliphatic rings. The van der Waals surface area contributed by atoms with Crippen LogP contribution in [-0.2, 0) is 7.05 Å². The van der Waals surface area contributed by atoms with Crippen LogP contribution in [0.1, 0.15) is 16.2 Å². The Bertz CT molecular complexity index is 538. The van der Waals surface area contributed by atoms with Crippen LogP contribution in [0.15, 0.2) is 25.3 Å². The zero-order valence-electron chi connectivity index (χ0n) is 11.6. The van der Waals surface area contributed by atoms with Crippen LogP contribution in [0.2, 0.25) is 0 Å². The van der Waals surface area contributed by atoms with E-state index >= 15 is 0 Å². The normalized spacial score (nSPS) is 9.90. The van der Waals surface area contributed by atoms with Gasteiger partial charge in [-0.15, -0.1) is 13.2 Å². The number of hydrogen-bond acceptors (Lipinski definition) is 3. The molecule has 2 N–H and O–H groups in total. The molecule has 1 aromatic heterocycles. The van der Waals surface area contributed by atoms with Crippen LogP contribution in [0.5, 0.6) is 0 Å². The number of anilines is 1. The van der Waals surface area contributed by atoms with E-state index < -0.39 is 12.0 Å². The maximum Gasteiger partial charge on any atom is 0.358 e. The van der Waals surface area contributed by atoms with E-state index in [9.17, 15) is 9.59 Å². The van der Waals surface area contributed by atoms with E-state index in [0.717, 1.165) is 0 Å². The van der Waals surface area contributed by atoms with Gasteiger partial charge >= 0.3 is 12.0 Å². The molecule has 0 aromatic carbocycles. The second-order valence-corrected chi connectivity index (χ2v) is 4.15. The highest BCUT2D eigenvalue weighted by atomic mass is 16.4. The van der Waals surface area contributed by atoms with E-state index in [0.29, 0.717) is 18.8 Å². The minimum absolute atomic E-state index is 0.185. The molecule has 0 aliphatic heterocycles. The molecule has 2 amide bonds. The van der Waals surface area contributed by atoms with Gasteiger partial charge in [-0.2, -0.15) is 5.10 Å². The van der Waals surface area contributed by atoms with E-state index in [1.165, 1.54) is 9.58 Å². The number of carboxylic acid groups (broad SMARTS) is 1. The van der Waals surface area contributed by atoms with Crippen LogP contribution in [0.4, 0.5) is 10.5 Å².